The van der Waals surface area contributed by atoms with Gasteiger partial charge in [0, 0.05) is 33.5 Å². The summed E-state index contributed by atoms with van der Waals surface area (Å²) in [5.41, 5.74) is 9.74. The molecule has 2 nitrogen and oxygen atoms in total. The SMILES string of the molecule is CC1=CC=C(Nc2ccc3ccc4c(N(C5=CC=C(C)CC=C5)c5ccc(C)cc5)ccc5ccc2c3c54)C=CC1. The van der Waals surface area contributed by atoms with Gasteiger partial charge in [-0.05, 0) is 104 Å². The number of hydrogen-bond acceptors (Lipinski definition) is 2. The van der Waals surface area contributed by atoms with E-state index >= 15 is 0 Å². The van der Waals surface area contributed by atoms with Gasteiger partial charge in [-0.25, -0.2) is 0 Å². The maximum Gasteiger partial charge on any atom is 0.0540 e. The van der Waals surface area contributed by atoms with Gasteiger partial charge >= 0.3 is 0 Å². The fourth-order valence-electron chi connectivity index (χ4n) is 6.04. The topological polar surface area (TPSA) is 15.3 Å². The lowest BCUT2D eigenvalue weighted by Gasteiger charge is -2.28. The number of anilines is 3. The Labute approximate surface area is 242 Å². The molecule has 200 valence electrons. The summed E-state index contributed by atoms with van der Waals surface area (Å²) in [7, 11) is 0. The lowest BCUT2D eigenvalue weighted by molar-refractivity contribution is 1.20. The predicted octanol–water partition coefficient (Wildman–Crippen LogP) is 11.0. The molecule has 0 atom stereocenters. The maximum atomic E-state index is 3.72. The second-order valence-corrected chi connectivity index (χ2v) is 11.4. The Morgan fingerprint density at radius 1 is 0.585 bits per heavy atom. The summed E-state index contributed by atoms with van der Waals surface area (Å²) in [5.74, 6) is 0. The lowest BCUT2D eigenvalue weighted by Crippen LogP contribution is -2.15. The first-order valence-corrected chi connectivity index (χ1v) is 14.5. The van der Waals surface area contributed by atoms with Crippen LogP contribution in [-0.2, 0) is 0 Å². The summed E-state index contributed by atoms with van der Waals surface area (Å²) in [6.07, 6.45) is 19.8. The molecule has 0 unspecified atom stereocenters. The molecule has 2 heteroatoms. The van der Waals surface area contributed by atoms with Crippen LogP contribution in [0.4, 0.5) is 17.1 Å². The van der Waals surface area contributed by atoms with Crippen LogP contribution in [0.3, 0.4) is 0 Å². The summed E-state index contributed by atoms with van der Waals surface area (Å²) in [4.78, 5) is 2.41. The Bertz CT molecular complexity index is 1980. The Morgan fingerprint density at radius 3 is 2.00 bits per heavy atom. The van der Waals surface area contributed by atoms with Gasteiger partial charge < -0.3 is 10.2 Å². The van der Waals surface area contributed by atoms with E-state index in [-0.39, 0.29) is 0 Å². The summed E-state index contributed by atoms with van der Waals surface area (Å²) in [5, 5.41) is 11.4. The van der Waals surface area contributed by atoms with Crippen molar-refractivity contribution in [1.82, 2.24) is 0 Å². The average molecular weight is 531 g/mol. The molecule has 0 radical (unpaired) electrons. The van der Waals surface area contributed by atoms with Gasteiger partial charge in [-0.2, -0.15) is 0 Å². The fraction of sp³-hybridized carbons (Fsp3) is 0.128. The normalized spacial score (nSPS) is 15.4. The van der Waals surface area contributed by atoms with Gasteiger partial charge in [-0.15, -0.1) is 0 Å². The molecule has 5 aromatic carbocycles. The van der Waals surface area contributed by atoms with Gasteiger partial charge in [-0.1, -0.05) is 89.5 Å². The molecule has 0 heterocycles. The summed E-state index contributed by atoms with van der Waals surface area (Å²) < 4.78 is 0. The van der Waals surface area contributed by atoms with E-state index in [2.05, 4.69) is 152 Å². The predicted molar refractivity (Wildman–Crippen MR) is 178 cm³/mol. The number of allylic oxidation sites excluding steroid dienone is 10. The van der Waals surface area contributed by atoms with Crippen molar-refractivity contribution in [3.63, 3.8) is 0 Å². The third-order valence-corrected chi connectivity index (χ3v) is 8.26. The molecule has 7 rings (SSSR count). The molecule has 0 amide bonds. The van der Waals surface area contributed by atoms with Crippen LogP contribution in [0.5, 0.6) is 0 Å². The Balaban J connectivity index is 1.45. The van der Waals surface area contributed by atoms with E-state index in [1.165, 1.54) is 60.4 Å². The molecule has 0 spiro atoms. The first kappa shape index (κ1) is 25.2. The minimum absolute atomic E-state index is 0.969. The first-order valence-electron chi connectivity index (χ1n) is 14.5. The van der Waals surface area contributed by atoms with Crippen LogP contribution in [0, 0.1) is 6.92 Å². The zero-order valence-electron chi connectivity index (χ0n) is 23.9. The van der Waals surface area contributed by atoms with Gasteiger partial charge in [0.15, 0.2) is 0 Å². The molecule has 41 heavy (non-hydrogen) atoms. The third kappa shape index (κ3) is 4.66. The van der Waals surface area contributed by atoms with E-state index in [0.717, 1.165) is 29.9 Å². The molecule has 2 aliphatic rings. The molecule has 0 bridgehead atoms. The zero-order valence-corrected chi connectivity index (χ0v) is 23.9. The van der Waals surface area contributed by atoms with Crippen molar-refractivity contribution in [2.24, 2.45) is 0 Å². The van der Waals surface area contributed by atoms with Crippen LogP contribution in [0.2, 0.25) is 0 Å². The fourth-order valence-corrected chi connectivity index (χ4v) is 6.04. The van der Waals surface area contributed by atoms with E-state index in [4.69, 9.17) is 0 Å². The maximum absolute atomic E-state index is 3.72. The first-order chi connectivity index (χ1) is 20.0. The van der Waals surface area contributed by atoms with E-state index in [0.29, 0.717) is 0 Å². The van der Waals surface area contributed by atoms with E-state index < -0.39 is 0 Å². The van der Waals surface area contributed by atoms with Crippen LogP contribution in [0.15, 0.2) is 144 Å². The molecular formula is C39H34N2. The molecule has 0 aromatic heterocycles. The standard InChI is InChI=1S/C39H34N2/c1-26-6-4-8-31(18-10-26)40-36-24-16-29-15-23-35-37(25-17-30-14-22-34(36)38(29)39(30)35)41(33-20-12-28(3)13-21-33)32-9-5-7-27(2)11-19-32/h4-5,8-25,40H,6-7H2,1-3H3. The number of aryl methyl sites for hydroxylation is 1. The van der Waals surface area contributed by atoms with Crippen molar-refractivity contribution in [3.05, 3.63) is 150 Å². The van der Waals surface area contributed by atoms with Crippen LogP contribution >= 0.6 is 0 Å². The van der Waals surface area contributed by atoms with E-state index in [1.807, 2.05) is 0 Å². The van der Waals surface area contributed by atoms with Gasteiger partial charge in [0.05, 0.1) is 5.69 Å². The molecule has 0 saturated carbocycles. The van der Waals surface area contributed by atoms with Gasteiger partial charge in [0.25, 0.3) is 0 Å². The number of nitrogens with one attached hydrogen (secondary N) is 1. The molecule has 0 aliphatic heterocycles. The highest BCUT2D eigenvalue weighted by Crippen LogP contribution is 2.44. The summed E-state index contributed by atoms with van der Waals surface area (Å²) in [6.45, 7) is 6.52. The van der Waals surface area contributed by atoms with Crippen molar-refractivity contribution in [2.75, 3.05) is 10.2 Å². The molecule has 1 N–H and O–H groups in total. The third-order valence-electron chi connectivity index (χ3n) is 8.26. The molecule has 2 aliphatic carbocycles. The second-order valence-electron chi connectivity index (χ2n) is 11.4. The minimum atomic E-state index is 0.969. The monoisotopic (exact) mass is 530 g/mol. The smallest absolute Gasteiger partial charge is 0.0540 e. The lowest BCUT2D eigenvalue weighted by atomic mass is 9.92. The molecule has 0 saturated heterocycles. The highest BCUT2D eigenvalue weighted by atomic mass is 15.1. The second kappa shape index (κ2) is 10.3. The Morgan fingerprint density at radius 2 is 1.22 bits per heavy atom. The van der Waals surface area contributed by atoms with Gasteiger partial charge in [0.2, 0.25) is 0 Å². The van der Waals surface area contributed by atoms with Crippen molar-refractivity contribution < 1.29 is 0 Å². The molecule has 0 fully saturated rings. The van der Waals surface area contributed by atoms with Gasteiger partial charge in [-0.3, -0.25) is 0 Å². The number of benzene rings is 5. The van der Waals surface area contributed by atoms with Crippen LogP contribution in [0.25, 0.3) is 32.3 Å². The van der Waals surface area contributed by atoms with Crippen molar-refractivity contribution >= 4 is 49.4 Å². The number of nitrogens with zero attached hydrogens (tertiary/aromatic N) is 1. The van der Waals surface area contributed by atoms with Crippen molar-refractivity contribution in [3.8, 4) is 0 Å². The largest absolute Gasteiger partial charge is 0.355 e. The Kier molecular flexibility index (Phi) is 6.32. The highest BCUT2D eigenvalue weighted by Gasteiger charge is 2.20. The van der Waals surface area contributed by atoms with Crippen LogP contribution < -0.4 is 10.2 Å². The minimum Gasteiger partial charge on any atom is -0.355 e. The van der Waals surface area contributed by atoms with Crippen LogP contribution in [-0.4, -0.2) is 0 Å². The molecule has 5 aromatic rings. The van der Waals surface area contributed by atoms with E-state index in [1.54, 1.807) is 0 Å². The summed E-state index contributed by atoms with van der Waals surface area (Å²) in [6, 6.07) is 27.0. The zero-order chi connectivity index (χ0) is 27.9. The number of hydrogen-bond donors (Lipinski definition) is 1. The quantitative estimate of drug-likeness (QED) is 0.227. The average Bonchev–Trinajstić information content (AvgIpc) is 3.33. The highest BCUT2D eigenvalue weighted by molar-refractivity contribution is 6.27. The van der Waals surface area contributed by atoms with E-state index in [9.17, 15) is 0 Å². The Hall–Kier alpha value is -4.82. The van der Waals surface area contributed by atoms with Crippen molar-refractivity contribution in [2.45, 2.75) is 33.6 Å². The van der Waals surface area contributed by atoms with Gasteiger partial charge in [0.1, 0.15) is 0 Å². The summed E-state index contributed by atoms with van der Waals surface area (Å²) >= 11 is 0. The number of rotatable bonds is 5. The molecular weight excluding hydrogens is 496 g/mol. The van der Waals surface area contributed by atoms with Crippen LogP contribution in [0.1, 0.15) is 32.3 Å². The van der Waals surface area contributed by atoms with Crippen molar-refractivity contribution in [1.29, 1.82) is 0 Å².